The van der Waals surface area contributed by atoms with Gasteiger partial charge in [-0.15, -0.1) is 0 Å². The molecule has 0 aliphatic carbocycles. The fourth-order valence-corrected chi connectivity index (χ4v) is 3.82. The van der Waals surface area contributed by atoms with Crippen LogP contribution in [0.3, 0.4) is 0 Å². The zero-order chi connectivity index (χ0) is 28.8. The van der Waals surface area contributed by atoms with Crippen molar-refractivity contribution in [1.82, 2.24) is 15.5 Å². The van der Waals surface area contributed by atoms with Crippen LogP contribution in [0.5, 0.6) is 0 Å². The van der Waals surface area contributed by atoms with Crippen LogP contribution < -0.4 is 10.6 Å². The van der Waals surface area contributed by atoms with Gasteiger partial charge >= 0.3 is 5.97 Å². The third-order valence-corrected chi connectivity index (χ3v) is 5.64. The van der Waals surface area contributed by atoms with Crippen LogP contribution in [-0.4, -0.2) is 55.8 Å². The second kappa shape index (κ2) is 15.7. The number of nitrogens with one attached hydrogen (secondary N) is 2. The van der Waals surface area contributed by atoms with E-state index in [2.05, 4.69) is 10.6 Å². The van der Waals surface area contributed by atoms with Crippen molar-refractivity contribution < 1.29 is 28.3 Å². The van der Waals surface area contributed by atoms with Crippen molar-refractivity contribution in [2.75, 3.05) is 27.2 Å². The summed E-state index contributed by atoms with van der Waals surface area (Å²) in [5.74, 6) is -2.32. The highest BCUT2D eigenvalue weighted by Crippen LogP contribution is 2.25. The van der Waals surface area contributed by atoms with E-state index in [4.69, 9.17) is 4.74 Å². The van der Waals surface area contributed by atoms with E-state index in [9.17, 15) is 23.6 Å². The number of halogens is 1. The van der Waals surface area contributed by atoms with Gasteiger partial charge in [-0.3, -0.25) is 14.4 Å². The second-order valence-electron chi connectivity index (χ2n) is 8.59. The third-order valence-electron chi connectivity index (χ3n) is 5.64. The number of aryl methyl sites for hydroxylation is 1. The lowest BCUT2D eigenvalue weighted by molar-refractivity contribution is -0.136. The molecule has 0 aromatic heterocycles. The van der Waals surface area contributed by atoms with Gasteiger partial charge in [0.05, 0.1) is 12.7 Å². The van der Waals surface area contributed by atoms with Crippen molar-refractivity contribution >= 4 is 23.7 Å². The minimum absolute atomic E-state index is 0.0735. The van der Waals surface area contributed by atoms with Gasteiger partial charge in [0, 0.05) is 32.3 Å². The lowest BCUT2D eigenvalue weighted by Crippen LogP contribution is -2.44. The van der Waals surface area contributed by atoms with Crippen molar-refractivity contribution in [2.24, 2.45) is 0 Å². The molecule has 1 unspecified atom stereocenters. The zero-order valence-electron chi connectivity index (χ0n) is 22.6. The van der Waals surface area contributed by atoms with E-state index in [1.54, 1.807) is 56.3 Å². The first kappa shape index (κ1) is 30.7. The first-order valence-corrected chi connectivity index (χ1v) is 12.4. The molecule has 39 heavy (non-hydrogen) atoms. The number of ether oxygens (including phenoxy) is 1. The largest absolute Gasteiger partial charge is 0.465 e. The summed E-state index contributed by atoms with van der Waals surface area (Å²) in [5.41, 5.74) is 2.00. The number of likely N-dealkylation sites (N-methyl/N-ethyl adjacent to an activating group) is 1. The number of hydrogen-bond acceptors (Lipinski definition) is 5. The maximum absolute atomic E-state index is 13.7. The van der Waals surface area contributed by atoms with Crippen LogP contribution >= 0.6 is 0 Å². The Morgan fingerprint density at radius 2 is 1.85 bits per heavy atom. The molecule has 0 saturated heterocycles. The maximum atomic E-state index is 13.7. The summed E-state index contributed by atoms with van der Waals surface area (Å²) in [5, 5.41) is 5.30. The number of methoxy groups -OCH3 is 1. The Morgan fingerprint density at radius 1 is 1.08 bits per heavy atom. The van der Waals surface area contributed by atoms with Crippen LogP contribution in [0.15, 0.2) is 78.9 Å². The fraction of sp³-hybridized carbons (Fsp3) is 0.267. The molecule has 0 aliphatic heterocycles. The van der Waals surface area contributed by atoms with Crippen LogP contribution in [0.4, 0.5) is 4.39 Å². The number of allylic oxidation sites excluding steroid dienone is 3. The Labute approximate surface area is 228 Å². The molecule has 9 heteroatoms. The average molecular weight is 536 g/mol. The van der Waals surface area contributed by atoms with Crippen LogP contribution in [0.25, 0.3) is 0 Å². The molecule has 0 spiro atoms. The normalized spacial score (nSPS) is 12.0. The molecular formula is C30H34FN3O5. The smallest absolute Gasteiger partial charge is 0.337 e. The lowest BCUT2D eigenvalue weighted by Gasteiger charge is -2.30. The number of esters is 1. The summed E-state index contributed by atoms with van der Waals surface area (Å²) in [6.07, 6.45) is 9.40. The Kier molecular flexibility index (Phi) is 12.3. The minimum Gasteiger partial charge on any atom is -0.465 e. The molecular weight excluding hydrogens is 501 g/mol. The lowest BCUT2D eigenvalue weighted by atomic mass is 9.98. The number of carbonyl (C=O) groups excluding carboxylic acids is 4. The number of nitrogens with zero attached hydrogens (tertiary/aromatic N) is 1. The van der Waals surface area contributed by atoms with Crippen LogP contribution in [0, 0.1) is 12.7 Å². The topological polar surface area (TPSA) is 105 Å². The summed E-state index contributed by atoms with van der Waals surface area (Å²) in [6.45, 7) is 3.67. The SMILES string of the molecule is C/C=C/C=C/C(=O)N(C/C=C/C(=O)NC)C(C(=O)NCCc1cccc(F)c1)c1cc(C)cc(C(=O)OC)c1. The molecule has 206 valence electrons. The van der Waals surface area contributed by atoms with E-state index < -0.39 is 23.8 Å². The van der Waals surface area contributed by atoms with Crippen molar-refractivity contribution in [3.63, 3.8) is 0 Å². The number of hydrogen-bond donors (Lipinski definition) is 2. The highest BCUT2D eigenvalue weighted by molar-refractivity contribution is 5.95. The second-order valence-corrected chi connectivity index (χ2v) is 8.59. The quantitative estimate of drug-likeness (QED) is 0.246. The summed E-state index contributed by atoms with van der Waals surface area (Å²) in [7, 11) is 2.73. The van der Waals surface area contributed by atoms with Crippen molar-refractivity contribution in [2.45, 2.75) is 26.3 Å². The van der Waals surface area contributed by atoms with E-state index in [0.29, 0.717) is 23.1 Å². The first-order chi connectivity index (χ1) is 18.7. The van der Waals surface area contributed by atoms with E-state index >= 15 is 0 Å². The van der Waals surface area contributed by atoms with Gasteiger partial charge in [0.25, 0.3) is 0 Å². The summed E-state index contributed by atoms with van der Waals surface area (Å²) < 4.78 is 18.4. The predicted molar refractivity (Wildman–Crippen MR) is 147 cm³/mol. The van der Waals surface area contributed by atoms with E-state index in [1.807, 2.05) is 0 Å². The maximum Gasteiger partial charge on any atom is 0.337 e. The molecule has 2 N–H and O–H groups in total. The molecule has 0 radical (unpaired) electrons. The summed E-state index contributed by atoms with van der Waals surface area (Å²) in [6, 6.07) is 9.75. The van der Waals surface area contributed by atoms with Gasteiger partial charge in [-0.25, -0.2) is 9.18 Å². The van der Waals surface area contributed by atoms with Gasteiger partial charge in [0.1, 0.15) is 11.9 Å². The van der Waals surface area contributed by atoms with Crippen LogP contribution in [0.1, 0.15) is 40.0 Å². The molecule has 0 aliphatic rings. The Morgan fingerprint density at radius 3 is 2.51 bits per heavy atom. The van der Waals surface area contributed by atoms with E-state index in [0.717, 1.165) is 0 Å². The number of amides is 3. The van der Waals surface area contributed by atoms with E-state index in [-0.39, 0.29) is 30.4 Å². The minimum atomic E-state index is -1.15. The summed E-state index contributed by atoms with van der Waals surface area (Å²) in [4.78, 5) is 52.4. The van der Waals surface area contributed by atoms with E-state index in [1.165, 1.54) is 55.5 Å². The number of carbonyl (C=O) groups is 4. The Hall–Kier alpha value is -4.53. The van der Waals surface area contributed by atoms with Gasteiger partial charge in [0.2, 0.25) is 17.7 Å². The van der Waals surface area contributed by atoms with Gasteiger partial charge in [0.15, 0.2) is 0 Å². The molecule has 0 heterocycles. The monoisotopic (exact) mass is 535 g/mol. The van der Waals surface area contributed by atoms with Gasteiger partial charge < -0.3 is 20.3 Å². The van der Waals surface area contributed by atoms with Crippen molar-refractivity contribution in [3.8, 4) is 0 Å². The van der Waals surface area contributed by atoms with Crippen LogP contribution in [0.2, 0.25) is 0 Å². The molecule has 2 aromatic rings. The van der Waals surface area contributed by atoms with Crippen molar-refractivity contribution in [3.05, 3.63) is 107 Å². The molecule has 2 aromatic carbocycles. The van der Waals surface area contributed by atoms with Gasteiger partial charge in [-0.05, 0) is 61.2 Å². The molecule has 1 atom stereocenters. The highest BCUT2D eigenvalue weighted by Gasteiger charge is 2.31. The molecule has 0 saturated carbocycles. The van der Waals surface area contributed by atoms with Gasteiger partial charge in [-0.2, -0.15) is 0 Å². The number of benzene rings is 2. The average Bonchev–Trinajstić information content (AvgIpc) is 2.91. The molecule has 2 rings (SSSR count). The molecule has 0 bridgehead atoms. The van der Waals surface area contributed by atoms with Crippen LogP contribution in [-0.2, 0) is 25.5 Å². The molecule has 0 fully saturated rings. The summed E-state index contributed by atoms with van der Waals surface area (Å²) >= 11 is 0. The zero-order valence-corrected chi connectivity index (χ0v) is 22.6. The Balaban J connectivity index is 2.51. The number of rotatable bonds is 12. The highest BCUT2D eigenvalue weighted by atomic mass is 19.1. The predicted octanol–water partition coefficient (Wildman–Crippen LogP) is 3.58. The molecule has 3 amide bonds. The van der Waals surface area contributed by atoms with Crippen molar-refractivity contribution in [1.29, 1.82) is 0 Å². The first-order valence-electron chi connectivity index (χ1n) is 12.4. The molecule has 8 nitrogen and oxygen atoms in total. The Bertz CT molecular complexity index is 1270. The van der Waals surface area contributed by atoms with Gasteiger partial charge in [-0.1, -0.05) is 42.5 Å². The fourth-order valence-electron chi connectivity index (χ4n) is 3.82. The third kappa shape index (κ3) is 9.70. The standard InChI is InChI=1S/C30H34FN3O5/c1-5-6-7-13-27(36)34(16-9-12-26(35)32-3)28(23-17-21(2)18-24(20-23)30(38)39-4)29(37)33-15-14-22-10-8-11-25(31)19-22/h5-13,17-20,28H,14-16H2,1-4H3,(H,32,35)(H,33,37)/b6-5+,12-9+,13-7+.